The molecule has 0 fully saturated rings. The molecule has 0 aliphatic carbocycles. The van der Waals surface area contributed by atoms with Crippen LogP contribution in [0.3, 0.4) is 0 Å². The van der Waals surface area contributed by atoms with Crippen molar-refractivity contribution in [2.45, 2.75) is 41.5 Å². The summed E-state index contributed by atoms with van der Waals surface area (Å²) in [7, 11) is 1.06. The summed E-state index contributed by atoms with van der Waals surface area (Å²) in [6.07, 6.45) is 0. The minimum atomic E-state index is 0.160. The Kier molecular flexibility index (Phi) is 3.74. The molecule has 0 radical (unpaired) electrons. The molecule has 0 atom stereocenters. The molecule has 0 heterocycles. The molecule has 1 nitrogen and oxygen atoms in total. The van der Waals surface area contributed by atoms with Crippen molar-refractivity contribution in [1.82, 2.24) is 0 Å². The lowest BCUT2D eigenvalue weighted by Gasteiger charge is -2.19. The van der Waals surface area contributed by atoms with Crippen molar-refractivity contribution in [3.05, 3.63) is 23.3 Å². The lowest BCUT2D eigenvalue weighted by atomic mass is 9.91. The summed E-state index contributed by atoms with van der Waals surface area (Å²) in [6.45, 7) is 13.1. The van der Waals surface area contributed by atoms with Crippen LogP contribution >= 0.6 is 0 Å². The molecule has 0 bridgehead atoms. The largest absolute Gasteiger partial charge is 0.258 e. The molecule has 0 aromatic heterocycles. The Labute approximate surface area is 102 Å². The van der Waals surface area contributed by atoms with Crippen molar-refractivity contribution >= 4 is 26.8 Å². The van der Waals surface area contributed by atoms with Crippen molar-refractivity contribution in [1.29, 1.82) is 0 Å². The molecule has 1 aromatic carbocycles. The quantitative estimate of drug-likeness (QED) is 0.522. The monoisotopic (exact) mass is 233 g/mol. The molecule has 1 aromatic rings. The first-order chi connectivity index (χ1) is 7.23. The van der Waals surface area contributed by atoms with Crippen LogP contribution in [0.25, 0.3) is 0 Å². The maximum absolute atomic E-state index is 4.78. The first-order valence-corrected chi connectivity index (χ1v) is 6.86. The summed E-state index contributed by atoms with van der Waals surface area (Å²) in [4.78, 5) is 4.78. The average Bonchev–Trinajstić information content (AvgIpc) is 2.17. The van der Waals surface area contributed by atoms with E-state index in [0.29, 0.717) is 0 Å². The Morgan fingerprint density at radius 1 is 1.19 bits per heavy atom. The number of aliphatic imine (C=N–C) groups is 1. The molecular formula is C14H23NSi. The number of aryl methyl sites for hydroxylation is 1. The van der Waals surface area contributed by atoms with E-state index in [1.54, 1.807) is 0 Å². The molecule has 1 rings (SSSR count). The molecule has 16 heavy (non-hydrogen) atoms. The van der Waals surface area contributed by atoms with Gasteiger partial charge < -0.3 is 0 Å². The van der Waals surface area contributed by atoms with Gasteiger partial charge in [0.15, 0.2) is 0 Å². The predicted octanol–water partition coefficient (Wildman–Crippen LogP) is 2.43. The van der Waals surface area contributed by atoms with Crippen molar-refractivity contribution in [3.8, 4) is 0 Å². The molecule has 0 amide bonds. The fourth-order valence-electron chi connectivity index (χ4n) is 1.41. The summed E-state index contributed by atoms with van der Waals surface area (Å²) in [5.74, 6) is 0. The molecule has 0 saturated carbocycles. The van der Waals surface area contributed by atoms with E-state index in [1.165, 1.54) is 27.7 Å². The Morgan fingerprint density at radius 2 is 1.75 bits per heavy atom. The van der Waals surface area contributed by atoms with E-state index < -0.39 is 0 Å². The molecule has 0 aliphatic heterocycles. The Bertz CT molecular complexity index is 425. The van der Waals surface area contributed by atoms with Gasteiger partial charge in [-0.05, 0) is 48.6 Å². The number of nitrogens with zero attached hydrogens (tertiary/aromatic N) is 1. The third-order valence-electron chi connectivity index (χ3n) is 3.40. The highest BCUT2D eigenvalue weighted by Crippen LogP contribution is 2.20. The Balaban J connectivity index is 3.22. The van der Waals surface area contributed by atoms with Crippen molar-refractivity contribution in [3.63, 3.8) is 0 Å². The smallest absolute Gasteiger partial charge is 0.0614 e. The number of hydrogen-bond acceptors (Lipinski definition) is 1. The van der Waals surface area contributed by atoms with Crippen LogP contribution in [0.15, 0.2) is 17.1 Å². The van der Waals surface area contributed by atoms with E-state index in [0.717, 1.165) is 10.2 Å². The third-order valence-corrected chi connectivity index (χ3v) is 4.67. The van der Waals surface area contributed by atoms with Gasteiger partial charge in [-0.3, -0.25) is 4.99 Å². The zero-order chi connectivity index (χ0) is 12.5. The normalized spacial score (nSPS) is 13.2. The summed E-state index contributed by atoms with van der Waals surface area (Å²) < 4.78 is 0. The molecule has 0 saturated heterocycles. The highest BCUT2D eigenvalue weighted by atomic mass is 28.1. The number of rotatable bonds is 1. The minimum absolute atomic E-state index is 0.160. The lowest BCUT2D eigenvalue weighted by molar-refractivity contribution is 0.588. The van der Waals surface area contributed by atoms with Gasteiger partial charge in [-0.25, -0.2) is 0 Å². The molecule has 0 aliphatic rings. The second kappa shape index (κ2) is 4.54. The van der Waals surface area contributed by atoms with Crippen LogP contribution in [0.4, 0.5) is 5.69 Å². The van der Waals surface area contributed by atoms with Crippen molar-refractivity contribution < 1.29 is 0 Å². The standard InChI is InChI=1S/C14H23NSi/c1-9-7-8-12(13(16)10(9)2)15-11(3)14(4,5)6/h7-8H,1-6,16H3. The number of hydrogen-bond donors (Lipinski definition) is 0. The van der Waals surface area contributed by atoms with Crippen LogP contribution in [0.5, 0.6) is 0 Å². The summed E-state index contributed by atoms with van der Waals surface area (Å²) in [5, 5.41) is 1.43. The number of benzene rings is 1. The van der Waals surface area contributed by atoms with Crippen LogP contribution in [0, 0.1) is 19.3 Å². The zero-order valence-corrected chi connectivity index (χ0v) is 13.6. The van der Waals surface area contributed by atoms with E-state index >= 15 is 0 Å². The maximum atomic E-state index is 4.78. The van der Waals surface area contributed by atoms with Gasteiger partial charge in [-0.1, -0.05) is 26.8 Å². The van der Waals surface area contributed by atoms with Gasteiger partial charge in [0.05, 0.1) is 5.69 Å². The maximum Gasteiger partial charge on any atom is 0.0614 e. The van der Waals surface area contributed by atoms with Gasteiger partial charge in [0.2, 0.25) is 0 Å². The fourth-order valence-corrected chi connectivity index (χ4v) is 2.08. The summed E-state index contributed by atoms with van der Waals surface area (Å²) >= 11 is 0. The topological polar surface area (TPSA) is 12.4 Å². The lowest BCUT2D eigenvalue weighted by Crippen LogP contribution is -2.18. The van der Waals surface area contributed by atoms with E-state index in [9.17, 15) is 0 Å². The van der Waals surface area contributed by atoms with Crippen LogP contribution in [0.1, 0.15) is 38.8 Å². The van der Waals surface area contributed by atoms with Crippen LogP contribution < -0.4 is 5.19 Å². The highest BCUT2D eigenvalue weighted by molar-refractivity contribution is 6.36. The fraction of sp³-hybridized carbons (Fsp3) is 0.500. The van der Waals surface area contributed by atoms with Gasteiger partial charge in [0.25, 0.3) is 0 Å². The molecular weight excluding hydrogens is 210 g/mol. The molecule has 0 spiro atoms. The Morgan fingerprint density at radius 3 is 2.25 bits per heavy atom. The first kappa shape index (κ1) is 13.2. The van der Waals surface area contributed by atoms with Crippen molar-refractivity contribution in [2.24, 2.45) is 10.4 Å². The molecule has 88 valence electrons. The van der Waals surface area contributed by atoms with E-state index in [4.69, 9.17) is 4.99 Å². The van der Waals surface area contributed by atoms with Gasteiger partial charge in [0.1, 0.15) is 0 Å². The highest BCUT2D eigenvalue weighted by Gasteiger charge is 2.14. The van der Waals surface area contributed by atoms with Gasteiger partial charge >= 0.3 is 0 Å². The zero-order valence-electron chi connectivity index (χ0n) is 11.6. The average molecular weight is 233 g/mol. The van der Waals surface area contributed by atoms with Crippen molar-refractivity contribution in [2.75, 3.05) is 0 Å². The molecule has 0 unspecified atom stereocenters. The van der Waals surface area contributed by atoms with Crippen LogP contribution in [-0.4, -0.2) is 16.0 Å². The van der Waals surface area contributed by atoms with E-state index in [-0.39, 0.29) is 5.41 Å². The second-order valence-corrected chi connectivity index (χ2v) is 6.60. The van der Waals surface area contributed by atoms with E-state index in [1.807, 2.05) is 0 Å². The molecule has 0 N–H and O–H groups in total. The van der Waals surface area contributed by atoms with Crippen LogP contribution in [0.2, 0.25) is 0 Å². The van der Waals surface area contributed by atoms with Gasteiger partial charge in [-0.15, -0.1) is 0 Å². The summed E-state index contributed by atoms with van der Waals surface area (Å²) in [5.41, 5.74) is 5.31. The third kappa shape index (κ3) is 2.82. The minimum Gasteiger partial charge on any atom is -0.258 e. The SMILES string of the molecule is CC(=Nc1ccc(C)c(C)c1[SiH3])C(C)(C)C. The van der Waals surface area contributed by atoms with Gasteiger partial charge in [-0.2, -0.15) is 0 Å². The summed E-state index contributed by atoms with van der Waals surface area (Å²) in [6, 6.07) is 4.32. The predicted molar refractivity (Wildman–Crippen MR) is 77.7 cm³/mol. The molecule has 2 heteroatoms. The Hall–Kier alpha value is -0.893. The van der Waals surface area contributed by atoms with Crippen LogP contribution in [-0.2, 0) is 0 Å². The van der Waals surface area contributed by atoms with Gasteiger partial charge in [0, 0.05) is 16.0 Å². The second-order valence-electron chi connectivity index (χ2n) is 5.60. The van der Waals surface area contributed by atoms with E-state index in [2.05, 4.69) is 53.7 Å². The first-order valence-electron chi connectivity index (χ1n) is 5.86.